The lowest BCUT2D eigenvalue weighted by Crippen LogP contribution is -2.38. The molecule has 1 unspecified atom stereocenters. The van der Waals surface area contributed by atoms with Crippen LogP contribution in [-0.2, 0) is 6.54 Å². The van der Waals surface area contributed by atoms with E-state index < -0.39 is 0 Å². The summed E-state index contributed by atoms with van der Waals surface area (Å²) in [6.45, 7) is 6.66. The average molecular weight is 327 g/mol. The lowest BCUT2D eigenvalue weighted by molar-refractivity contribution is 0.0720. The van der Waals surface area contributed by atoms with E-state index in [1.54, 1.807) is 11.0 Å². The van der Waals surface area contributed by atoms with Crippen LogP contribution in [0.3, 0.4) is 0 Å². The highest BCUT2D eigenvalue weighted by atomic mass is 16.2. The summed E-state index contributed by atoms with van der Waals surface area (Å²) < 4.78 is 1.44. The first kappa shape index (κ1) is 16.7. The van der Waals surface area contributed by atoms with Crippen molar-refractivity contribution in [1.82, 2.24) is 14.7 Å². The summed E-state index contributed by atoms with van der Waals surface area (Å²) in [6, 6.07) is 7.46. The van der Waals surface area contributed by atoms with Crippen LogP contribution >= 0.6 is 0 Å². The van der Waals surface area contributed by atoms with Crippen molar-refractivity contribution in [2.75, 3.05) is 7.05 Å². The average Bonchev–Trinajstić information content (AvgIpc) is 3.40. The topological polar surface area (TPSA) is 55.2 Å². The molecule has 2 aromatic rings. The maximum atomic E-state index is 13.0. The third-order valence-electron chi connectivity index (χ3n) is 4.84. The lowest BCUT2D eigenvalue weighted by atomic mass is 10.1. The van der Waals surface area contributed by atoms with Gasteiger partial charge >= 0.3 is 0 Å². The van der Waals surface area contributed by atoms with E-state index in [-0.39, 0.29) is 23.4 Å². The Morgan fingerprint density at radius 2 is 1.88 bits per heavy atom. The van der Waals surface area contributed by atoms with E-state index in [1.807, 2.05) is 39.1 Å². The molecule has 0 spiro atoms. The van der Waals surface area contributed by atoms with Gasteiger partial charge in [0.15, 0.2) is 5.69 Å². The molecule has 1 saturated carbocycles. The number of carbonyl (C=O) groups is 1. The van der Waals surface area contributed by atoms with Crippen LogP contribution in [0.5, 0.6) is 0 Å². The van der Waals surface area contributed by atoms with Crippen molar-refractivity contribution in [1.29, 1.82) is 0 Å². The number of hydrogen-bond donors (Lipinski definition) is 0. The fourth-order valence-corrected chi connectivity index (χ4v) is 3.11. The monoisotopic (exact) mass is 327 g/mol. The number of rotatable bonds is 5. The second-order valence-corrected chi connectivity index (χ2v) is 7.27. The molecule has 0 saturated heterocycles. The molecule has 1 fully saturated rings. The van der Waals surface area contributed by atoms with E-state index in [4.69, 9.17) is 0 Å². The molecule has 1 aliphatic carbocycles. The Morgan fingerprint density at radius 1 is 1.25 bits per heavy atom. The van der Waals surface area contributed by atoms with Gasteiger partial charge in [0.25, 0.3) is 11.5 Å². The Bertz CT molecular complexity index is 821. The quantitative estimate of drug-likeness (QED) is 0.848. The fraction of sp³-hybridized carbons (Fsp3) is 0.526. The van der Waals surface area contributed by atoms with E-state index in [9.17, 15) is 9.59 Å². The first-order valence-electron chi connectivity index (χ1n) is 8.67. The van der Waals surface area contributed by atoms with Gasteiger partial charge in [0.1, 0.15) is 0 Å². The van der Waals surface area contributed by atoms with Gasteiger partial charge < -0.3 is 4.90 Å². The summed E-state index contributed by atoms with van der Waals surface area (Å²) in [5.74, 6) is 0.761. The van der Waals surface area contributed by atoms with Crippen LogP contribution in [0.15, 0.2) is 29.1 Å². The van der Waals surface area contributed by atoms with E-state index in [1.165, 1.54) is 17.5 Å². The molecular weight excluding hydrogens is 302 g/mol. The number of fused-ring (bicyclic) bond motifs is 1. The van der Waals surface area contributed by atoms with Gasteiger partial charge in [-0.25, -0.2) is 4.68 Å². The Labute approximate surface area is 142 Å². The van der Waals surface area contributed by atoms with Crippen LogP contribution in [-0.4, -0.2) is 33.7 Å². The third kappa shape index (κ3) is 3.07. The van der Waals surface area contributed by atoms with Crippen molar-refractivity contribution in [3.8, 4) is 0 Å². The lowest BCUT2D eigenvalue weighted by Gasteiger charge is -2.25. The third-order valence-corrected chi connectivity index (χ3v) is 4.84. The van der Waals surface area contributed by atoms with Crippen molar-refractivity contribution in [2.24, 2.45) is 11.8 Å². The maximum Gasteiger partial charge on any atom is 0.274 e. The van der Waals surface area contributed by atoms with Gasteiger partial charge in [0.2, 0.25) is 0 Å². The molecular formula is C19H25N3O2. The SMILES string of the molecule is CC(C)Cn1nc(C(=O)N(C)C(C)C2CC2)c2ccccc2c1=O. The van der Waals surface area contributed by atoms with Crippen molar-refractivity contribution < 1.29 is 4.79 Å². The molecule has 1 amide bonds. The van der Waals surface area contributed by atoms with Crippen molar-refractivity contribution in [3.63, 3.8) is 0 Å². The van der Waals surface area contributed by atoms with Crippen LogP contribution in [0.1, 0.15) is 44.1 Å². The van der Waals surface area contributed by atoms with Crippen LogP contribution in [0.2, 0.25) is 0 Å². The van der Waals surface area contributed by atoms with E-state index in [0.717, 1.165) is 0 Å². The highest BCUT2D eigenvalue weighted by Crippen LogP contribution is 2.35. The Kier molecular flexibility index (Phi) is 4.43. The Balaban J connectivity index is 2.10. The molecule has 24 heavy (non-hydrogen) atoms. The van der Waals surface area contributed by atoms with Gasteiger partial charge in [-0.2, -0.15) is 5.10 Å². The van der Waals surface area contributed by atoms with Crippen LogP contribution < -0.4 is 5.56 Å². The number of amides is 1. The van der Waals surface area contributed by atoms with Gasteiger partial charge in [-0.05, 0) is 37.7 Å². The molecule has 0 radical (unpaired) electrons. The number of carbonyl (C=O) groups excluding carboxylic acids is 1. The number of benzene rings is 1. The second-order valence-electron chi connectivity index (χ2n) is 7.27. The molecule has 1 heterocycles. The Morgan fingerprint density at radius 3 is 2.46 bits per heavy atom. The minimum atomic E-state index is -0.131. The van der Waals surface area contributed by atoms with Gasteiger partial charge in [-0.15, -0.1) is 0 Å². The van der Waals surface area contributed by atoms with Crippen LogP contribution in [0.4, 0.5) is 0 Å². The normalized spacial score (nSPS) is 15.7. The van der Waals surface area contributed by atoms with Gasteiger partial charge in [-0.1, -0.05) is 32.0 Å². The number of nitrogens with zero attached hydrogens (tertiary/aromatic N) is 3. The summed E-state index contributed by atoms with van der Waals surface area (Å²) in [5.41, 5.74) is 0.245. The molecule has 3 rings (SSSR count). The van der Waals surface area contributed by atoms with Crippen LogP contribution in [0, 0.1) is 11.8 Å². The Hall–Kier alpha value is -2.17. The van der Waals surface area contributed by atoms with Crippen molar-refractivity contribution in [3.05, 3.63) is 40.3 Å². The largest absolute Gasteiger partial charge is 0.337 e. The minimum Gasteiger partial charge on any atom is -0.337 e. The molecule has 1 aliphatic rings. The summed E-state index contributed by atoms with van der Waals surface area (Å²) in [7, 11) is 1.83. The first-order chi connectivity index (χ1) is 11.4. The zero-order chi connectivity index (χ0) is 17.4. The molecule has 0 N–H and O–H groups in total. The first-order valence-corrected chi connectivity index (χ1v) is 8.67. The predicted molar refractivity (Wildman–Crippen MR) is 95.1 cm³/mol. The molecule has 5 heteroatoms. The molecule has 128 valence electrons. The summed E-state index contributed by atoms with van der Waals surface area (Å²) in [6.07, 6.45) is 2.36. The summed E-state index contributed by atoms with van der Waals surface area (Å²) in [4.78, 5) is 27.4. The zero-order valence-corrected chi connectivity index (χ0v) is 14.8. The standard InChI is InChI=1S/C19H25N3O2/c1-12(2)11-22-18(23)16-8-6-5-7-15(16)17(20-22)19(24)21(4)13(3)14-9-10-14/h5-8,12-14H,9-11H2,1-4H3. The summed E-state index contributed by atoms with van der Waals surface area (Å²) >= 11 is 0. The predicted octanol–water partition coefficient (Wildman–Crippen LogP) is 2.92. The zero-order valence-electron chi connectivity index (χ0n) is 14.8. The molecule has 0 bridgehead atoms. The van der Waals surface area contributed by atoms with Gasteiger partial charge in [0.05, 0.1) is 5.39 Å². The fourth-order valence-electron chi connectivity index (χ4n) is 3.11. The number of hydrogen-bond acceptors (Lipinski definition) is 3. The van der Waals surface area contributed by atoms with Crippen molar-refractivity contribution in [2.45, 2.75) is 46.2 Å². The van der Waals surface area contributed by atoms with E-state index in [0.29, 0.717) is 28.9 Å². The highest BCUT2D eigenvalue weighted by molar-refractivity contribution is 6.04. The molecule has 1 aromatic heterocycles. The van der Waals surface area contributed by atoms with Gasteiger partial charge in [0, 0.05) is 25.0 Å². The van der Waals surface area contributed by atoms with Gasteiger partial charge in [-0.3, -0.25) is 9.59 Å². The summed E-state index contributed by atoms with van der Waals surface area (Å²) in [5, 5.41) is 5.64. The highest BCUT2D eigenvalue weighted by Gasteiger charge is 2.33. The van der Waals surface area contributed by atoms with E-state index >= 15 is 0 Å². The minimum absolute atomic E-state index is 0.108. The number of aromatic nitrogens is 2. The smallest absolute Gasteiger partial charge is 0.274 e. The maximum absolute atomic E-state index is 13.0. The van der Waals surface area contributed by atoms with Crippen molar-refractivity contribution >= 4 is 16.7 Å². The second kappa shape index (κ2) is 6.38. The molecule has 5 nitrogen and oxygen atoms in total. The molecule has 0 aliphatic heterocycles. The molecule has 1 atom stereocenters. The van der Waals surface area contributed by atoms with E-state index in [2.05, 4.69) is 12.0 Å². The molecule has 1 aromatic carbocycles. The van der Waals surface area contributed by atoms with Crippen LogP contribution in [0.25, 0.3) is 10.8 Å².